The van der Waals surface area contributed by atoms with Crippen LogP contribution in [-0.4, -0.2) is 18.0 Å². The number of halogens is 1. The maximum Gasteiger partial charge on any atom is 0.230 e. The molecule has 0 fully saturated rings. The number of carbonyl (C=O) groups is 1. The van der Waals surface area contributed by atoms with Gasteiger partial charge in [0.1, 0.15) is 5.75 Å². The lowest BCUT2D eigenvalue weighted by molar-refractivity contribution is -0.115. The zero-order valence-corrected chi connectivity index (χ0v) is 15.2. The van der Waals surface area contributed by atoms with Gasteiger partial charge in [-0.15, -0.1) is 11.3 Å². The first-order chi connectivity index (χ1) is 12.2. The van der Waals surface area contributed by atoms with Crippen molar-refractivity contribution in [1.82, 2.24) is 4.98 Å². The molecule has 0 aliphatic heterocycles. The van der Waals surface area contributed by atoms with Gasteiger partial charge in [0.05, 0.1) is 13.5 Å². The molecule has 3 rings (SSSR count). The fourth-order valence-corrected chi connectivity index (χ4v) is 3.52. The number of amides is 1. The molecular formula is C19H17ClN2O2S. The number of anilines is 1. The monoisotopic (exact) mass is 372 g/mol. The summed E-state index contributed by atoms with van der Waals surface area (Å²) >= 11 is 7.64. The number of carbonyl (C=O) groups excluding carboxylic acids is 1. The van der Waals surface area contributed by atoms with Crippen LogP contribution < -0.4 is 10.1 Å². The number of benzene rings is 2. The highest BCUT2D eigenvalue weighted by Crippen LogP contribution is 2.25. The van der Waals surface area contributed by atoms with Crippen molar-refractivity contribution < 1.29 is 9.53 Å². The highest BCUT2D eigenvalue weighted by atomic mass is 35.5. The number of para-hydroxylation sites is 1. The van der Waals surface area contributed by atoms with Crippen molar-refractivity contribution in [3.05, 3.63) is 75.8 Å². The molecule has 0 aliphatic carbocycles. The third-order valence-electron chi connectivity index (χ3n) is 3.67. The third kappa shape index (κ3) is 4.59. The Bertz CT molecular complexity index is 879. The second-order valence-electron chi connectivity index (χ2n) is 5.44. The largest absolute Gasteiger partial charge is 0.496 e. The number of nitrogens with one attached hydrogen (secondary N) is 1. The van der Waals surface area contributed by atoms with Gasteiger partial charge in [-0.3, -0.25) is 4.79 Å². The lowest BCUT2D eigenvalue weighted by Crippen LogP contribution is -2.14. The van der Waals surface area contributed by atoms with E-state index >= 15 is 0 Å². The second-order valence-corrected chi connectivity index (χ2v) is 6.96. The normalized spacial score (nSPS) is 10.5. The van der Waals surface area contributed by atoms with Gasteiger partial charge < -0.3 is 10.1 Å². The maximum absolute atomic E-state index is 12.3. The first kappa shape index (κ1) is 17.5. The number of aromatic nitrogens is 1. The van der Waals surface area contributed by atoms with Crippen LogP contribution in [0.4, 0.5) is 5.13 Å². The fraction of sp³-hybridized carbons (Fsp3) is 0.158. The Morgan fingerprint density at radius 3 is 2.64 bits per heavy atom. The first-order valence-electron chi connectivity index (χ1n) is 7.75. The van der Waals surface area contributed by atoms with E-state index in [1.807, 2.05) is 48.5 Å². The van der Waals surface area contributed by atoms with E-state index in [4.69, 9.17) is 16.3 Å². The summed E-state index contributed by atoms with van der Waals surface area (Å²) in [6, 6.07) is 15.2. The van der Waals surface area contributed by atoms with Crippen LogP contribution in [0.5, 0.6) is 5.75 Å². The van der Waals surface area contributed by atoms with Gasteiger partial charge in [-0.05, 0) is 17.7 Å². The molecule has 0 saturated carbocycles. The number of methoxy groups -OCH3 is 1. The van der Waals surface area contributed by atoms with Crippen LogP contribution in [0.2, 0.25) is 5.02 Å². The second kappa shape index (κ2) is 8.14. The first-order valence-corrected chi connectivity index (χ1v) is 8.95. The van der Waals surface area contributed by atoms with Crippen LogP contribution in [0.25, 0.3) is 0 Å². The summed E-state index contributed by atoms with van der Waals surface area (Å²) in [6.45, 7) is 0. The van der Waals surface area contributed by atoms with Crippen molar-refractivity contribution in [2.24, 2.45) is 0 Å². The number of thiazole rings is 1. The highest BCUT2D eigenvalue weighted by Gasteiger charge is 2.11. The number of nitrogens with zero attached hydrogens (tertiary/aromatic N) is 1. The van der Waals surface area contributed by atoms with Crippen LogP contribution in [0.1, 0.15) is 16.0 Å². The molecule has 0 bridgehead atoms. The van der Waals surface area contributed by atoms with E-state index in [9.17, 15) is 4.79 Å². The standard InChI is InChI=1S/C19H17ClN2O2S/c1-24-17-9-5-3-7-14(17)11-18(23)22-19-21-12-15(25-19)10-13-6-2-4-8-16(13)20/h2-9,12H,10-11H2,1H3,(H,21,22,23). The van der Waals surface area contributed by atoms with Crippen molar-refractivity contribution in [2.45, 2.75) is 12.8 Å². The molecule has 128 valence electrons. The van der Waals surface area contributed by atoms with Crippen molar-refractivity contribution in [3.8, 4) is 5.75 Å². The van der Waals surface area contributed by atoms with Gasteiger partial charge in [0, 0.05) is 28.1 Å². The number of ether oxygens (including phenoxy) is 1. The molecule has 1 heterocycles. The molecule has 1 amide bonds. The third-order valence-corrected chi connectivity index (χ3v) is 4.95. The molecule has 0 saturated heterocycles. The minimum atomic E-state index is -0.122. The minimum absolute atomic E-state index is 0.122. The molecule has 25 heavy (non-hydrogen) atoms. The molecule has 0 spiro atoms. The highest BCUT2D eigenvalue weighted by molar-refractivity contribution is 7.15. The van der Waals surface area contributed by atoms with E-state index in [1.54, 1.807) is 13.3 Å². The van der Waals surface area contributed by atoms with Crippen LogP contribution >= 0.6 is 22.9 Å². The molecule has 2 aromatic carbocycles. The Labute approximate surface area is 155 Å². The molecule has 3 aromatic rings. The molecule has 4 nitrogen and oxygen atoms in total. The Kier molecular flexibility index (Phi) is 5.68. The summed E-state index contributed by atoms with van der Waals surface area (Å²) in [7, 11) is 1.60. The molecule has 6 heteroatoms. The predicted molar refractivity (Wildman–Crippen MR) is 102 cm³/mol. The summed E-state index contributed by atoms with van der Waals surface area (Å²) in [5, 5.41) is 4.16. The molecule has 0 aliphatic rings. The molecule has 0 unspecified atom stereocenters. The fourth-order valence-electron chi connectivity index (χ4n) is 2.46. The zero-order valence-electron chi connectivity index (χ0n) is 13.7. The van der Waals surface area contributed by atoms with Crippen LogP contribution in [0, 0.1) is 0 Å². The summed E-state index contributed by atoms with van der Waals surface area (Å²) in [4.78, 5) is 17.6. The van der Waals surface area contributed by atoms with Crippen LogP contribution in [-0.2, 0) is 17.6 Å². The average Bonchev–Trinajstić information content (AvgIpc) is 3.04. The van der Waals surface area contributed by atoms with Gasteiger partial charge in [0.25, 0.3) is 0 Å². The number of hydrogen-bond donors (Lipinski definition) is 1. The lowest BCUT2D eigenvalue weighted by Gasteiger charge is -2.07. The van der Waals surface area contributed by atoms with Gasteiger partial charge in [-0.2, -0.15) is 0 Å². The van der Waals surface area contributed by atoms with Crippen LogP contribution in [0.15, 0.2) is 54.7 Å². The summed E-state index contributed by atoms with van der Waals surface area (Å²) < 4.78 is 5.27. The Morgan fingerprint density at radius 2 is 1.88 bits per heavy atom. The Hall–Kier alpha value is -2.37. The number of rotatable bonds is 6. The SMILES string of the molecule is COc1ccccc1CC(=O)Nc1ncc(Cc2ccccc2Cl)s1. The van der Waals surface area contributed by atoms with E-state index in [-0.39, 0.29) is 12.3 Å². The average molecular weight is 373 g/mol. The van der Waals surface area contributed by atoms with Crippen molar-refractivity contribution in [1.29, 1.82) is 0 Å². The lowest BCUT2D eigenvalue weighted by atomic mass is 10.1. The minimum Gasteiger partial charge on any atom is -0.496 e. The van der Waals surface area contributed by atoms with Gasteiger partial charge >= 0.3 is 0 Å². The Morgan fingerprint density at radius 1 is 1.16 bits per heavy atom. The van der Waals surface area contributed by atoms with E-state index in [1.165, 1.54) is 11.3 Å². The summed E-state index contributed by atoms with van der Waals surface area (Å²) in [5.41, 5.74) is 1.88. The Balaban J connectivity index is 1.63. The van der Waals surface area contributed by atoms with Gasteiger partial charge in [-0.1, -0.05) is 48.0 Å². The molecule has 0 radical (unpaired) electrons. The quantitative estimate of drug-likeness (QED) is 0.689. The van der Waals surface area contributed by atoms with Gasteiger partial charge in [-0.25, -0.2) is 4.98 Å². The van der Waals surface area contributed by atoms with E-state index in [2.05, 4.69) is 10.3 Å². The van der Waals surface area contributed by atoms with Gasteiger partial charge in [0.2, 0.25) is 5.91 Å². The predicted octanol–water partition coefficient (Wildman–Crippen LogP) is 4.58. The van der Waals surface area contributed by atoms with Crippen molar-refractivity contribution >= 4 is 34.0 Å². The number of hydrogen-bond acceptors (Lipinski definition) is 4. The molecule has 0 atom stereocenters. The van der Waals surface area contributed by atoms with Crippen molar-refractivity contribution in [3.63, 3.8) is 0 Å². The summed E-state index contributed by atoms with van der Waals surface area (Å²) in [6.07, 6.45) is 2.70. The summed E-state index contributed by atoms with van der Waals surface area (Å²) in [5.74, 6) is 0.583. The molecular weight excluding hydrogens is 356 g/mol. The molecule has 1 N–H and O–H groups in total. The van der Waals surface area contributed by atoms with Gasteiger partial charge in [0.15, 0.2) is 5.13 Å². The topological polar surface area (TPSA) is 51.2 Å². The van der Waals surface area contributed by atoms with Crippen LogP contribution in [0.3, 0.4) is 0 Å². The maximum atomic E-state index is 12.3. The zero-order chi connectivity index (χ0) is 17.6. The van der Waals surface area contributed by atoms with E-state index in [0.717, 1.165) is 21.0 Å². The van der Waals surface area contributed by atoms with Crippen molar-refractivity contribution in [2.75, 3.05) is 12.4 Å². The molecule has 1 aromatic heterocycles. The van der Waals surface area contributed by atoms with E-state index in [0.29, 0.717) is 17.3 Å². The van der Waals surface area contributed by atoms with E-state index < -0.39 is 0 Å². The smallest absolute Gasteiger partial charge is 0.230 e.